The van der Waals surface area contributed by atoms with Crippen LogP contribution in [-0.2, 0) is 4.79 Å². The van der Waals surface area contributed by atoms with Crippen LogP contribution in [0, 0.1) is 0 Å². The van der Waals surface area contributed by atoms with Crippen LogP contribution in [-0.4, -0.2) is 30.6 Å². The molecular formula is C11H13BrN2O3. The quantitative estimate of drug-likeness (QED) is 0.773. The van der Waals surface area contributed by atoms with Gasteiger partial charge in [0.25, 0.3) is 0 Å². The number of benzene rings is 1. The molecule has 0 bridgehead atoms. The molecule has 0 saturated heterocycles. The Balaban J connectivity index is 2.75. The van der Waals surface area contributed by atoms with Crippen molar-refractivity contribution in [3.8, 4) is 0 Å². The number of hydrogen-bond acceptors (Lipinski definition) is 3. The summed E-state index contributed by atoms with van der Waals surface area (Å²) in [5, 5.41) is 14.4. The first-order valence-electron chi connectivity index (χ1n) is 5.02. The van der Waals surface area contributed by atoms with Crippen molar-refractivity contribution in [2.45, 2.75) is 6.42 Å². The Morgan fingerprint density at radius 2 is 2.12 bits per heavy atom. The minimum Gasteiger partial charge on any atom is -0.478 e. The van der Waals surface area contributed by atoms with Gasteiger partial charge in [-0.05, 0) is 41.2 Å². The topological polar surface area (TPSA) is 78.4 Å². The van der Waals surface area contributed by atoms with Crippen LogP contribution in [0.25, 0.3) is 0 Å². The lowest BCUT2D eigenvalue weighted by atomic mass is 10.2. The van der Waals surface area contributed by atoms with Crippen molar-refractivity contribution in [1.29, 1.82) is 0 Å². The molecule has 0 fully saturated rings. The highest BCUT2D eigenvalue weighted by atomic mass is 79.9. The Kier molecular flexibility index (Phi) is 5.11. The predicted molar refractivity (Wildman–Crippen MR) is 68.3 cm³/mol. The van der Waals surface area contributed by atoms with E-state index in [1.54, 1.807) is 19.2 Å². The van der Waals surface area contributed by atoms with Crippen molar-refractivity contribution in [2.24, 2.45) is 0 Å². The summed E-state index contributed by atoms with van der Waals surface area (Å²) in [5.74, 6) is -1.19. The molecule has 0 saturated carbocycles. The number of hydrogen-bond donors (Lipinski definition) is 3. The molecule has 0 atom stereocenters. The van der Waals surface area contributed by atoms with E-state index in [9.17, 15) is 9.59 Å². The Labute approximate surface area is 107 Å². The second kappa shape index (κ2) is 6.36. The van der Waals surface area contributed by atoms with E-state index < -0.39 is 5.97 Å². The van der Waals surface area contributed by atoms with Crippen LogP contribution in [0.2, 0.25) is 0 Å². The maximum atomic E-state index is 11.4. The molecule has 0 heterocycles. The molecule has 0 aliphatic rings. The van der Waals surface area contributed by atoms with Crippen LogP contribution in [0.4, 0.5) is 5.69 Å². The van der Waals surface area contributed by atoms with E-state index >= 15 is 0 Å². The molecule has 6 heteroatoms. The number of carbonyl (C=O) groups is 2. The number of carbonyl (C=O) groups excluding carboxylic acids is 1. The van der Waals surface area contributed by atoms with E-state index in [-0.39, 0.29) is 11.5 Å². The van der Waals surface area contributed by atoms with Gasteiger partial charge in [-0.25, -0.2) is 4.79 Å². The van der Waals surface area contributed by atoms with Gasteiger partial charge in [0.05, 0.1) is 5.56 Å². The van der Waals surface area contributed by atoms with Crippen molar-refractivity contribution >= 4 is 33.5 Å². The van der Waals surface area contributed by atoms with Crippen LogP contribution >= 0.6 is 15.9 Å². The second-order valence-corrected chi connectivity index (χ2v) is 4.26. The maximum absolute atomic E-state index is 11.4. The Morgan fingerprint density at radius 1 is 1.41 bits per heavy atom. The highest BCUT2D eigenvalue weighted by molar-refractivity contribution is 9.10. The minimum atomic E-state index is -1.04. The van der Waals surface area contributed by atoms with E-state index in [4.69, 9.17) is 5.11 Å². The molecule has 1 aromatic rings. The van der Waals surface area contributed by atoms with E-state index in [0.717, 1.165) is 0 Å². The molecule has 0 aliphatic heterocycles. The zero-order chi connectivity index (χ0) is 12.8. The fourth-order valence-corrected chi connectivity index (χ4v) is 1.65. The SMILES string of the molecule is CNCCC(=O)Nc1ccc(Br)c(C(=O)O)c1. The summed E-state index contributed by atoms with van der Waals surface area (Å²) >= 11 is 3.14. The predicted octanol–water partition coefficient (Wildman–Crippen LogP) is 1.70. The minimum absolute atomic E-state index is 0.122. The molecular weight excluding hydrogens is 288 g/mol. The summed E-state index contributed by atoms with van der Waals surface area (Å²) in [7, 11) is 1.76. The standard InChI is InChI=1S/C11H13BrN2O3/c1-13-5-4-10(15)14-7-2-3-9(12)8(6-7)11(16)17/h2-3,6,13H,4-5H2,1H3,(H,14,15)(H,16,17). The normalized spacial score (nSPS) is 10.0. The second-order valence-electron chi connectivity index (χ2n) is 3.40. The van der Waals surface area contributed by atoms with Gasteiger partial charge in [-0.2, -0.15) is 0 Å². The van der Waals surface area contributed by atoms with Crippen molar-refractivity contribution in [3.05, 3.63) is 28.2 Å². The van der Waals surface area contributed by atoms with Gasteiger partial charge < -0.3 is 15.7 Å². The first kappa shape index (κ1) is 13.7. The summed E-state index contributed by atoms with van der Waals surface area (Å²) in [6, 6.07) is 4.66. The molecule has 1 aromatic carbocycles. The van der Waals surface area contributed by atoms with Crippen molar-refractivity contribution in [1.82, 2.24) is 5.32 Å². The van der Waals surface area contributed by atoms with Gasteiger partial charge in [0.15, 0.2) is 0 Å². The monoisotopic (exact) mass is 300 g/mol. The average Bonchev–Trinajstić information content (AvgIpc) is 2.28. The summed E-state index contributed by atoms with van der Waals surface area (Å²) in [4.78, 5) is 22.3. The number of carboxylic acid groups (broad SMARTS) is 1. The zero-order valence-corrected chi connectivity index (χ0v) is 10.9. The molecule has 0 aromatic heterocycles. The Bertz CT molecular complexity index is 435. The Hall–Kier alpha value is -1.40. The highest BCUT2D eigenvalue weighted by Gasteiger charge is 2.10. The largest absolute Gasteiger partial charge is 0.478 e. The maximum Gasteiger partial charge on any atom is 0.336 e. The summed E-state index contributed by atoms with van der Waals surface area (Å²) in [5.41, 5.74) is 0.600. The number of aromatic carboxylic acids is 1. The molecule has 0 aliphatic carbocycles. The smallest absolute Gasteiger partial charge is 0.336 e. The lowest BCUT2D eigenvalue weighted by molar-refractivity contribution is -0.116. The number of carboxylic acids is 1. The van der Waals surface area contributed by atoms with Crippen molar-refractivity contribution in [3.63, 3.8) is 0 Å². The fourth-order valence-electron chi connectivity index (χ4n) is 1.23. The van der Waals surface area contributed by atoms with Gasteiger partial charge in [0.2, 0.25) is 5.91 Å². The summed E-state index contributed by atoms with van der Waals surface area (Å²) in [6.45, 7) is 0.578. The molecule has 1 rings (SSSR count). The summed E-state index contributed by atoms with van der Waals surface area (Å²) in [6.07, 6.45) is 0.342. The molecule has 0 spiro atoms. The van der Waals surface area contributed by atoms with E-state index in [0.29, 0.717) is 23.1 Å². The lowest BCUT2D eigenvalue weighted by Gasteiger charge is -2.07. The Morgan fingerprint density at radius 3 is 2.71 bits per heavy atom. The van der Waals surface area contributed by atoms with Crippen LogP contribution in [0.15, 0.2) is 22.7 Å². The number of amides is 1. The third kappa shape index (κ3) is 4.16. The molecule has 5 nitrogen and oxygen atoms in total. The zero-order valence-electron chi connectivity index (χ0n) is 9.29. The van der Waals surface area contributed by atoms with E-state index in [1.165, 1.54) is 6.07 Å². The molecule has 92 valence electrons. The molecule has 1 amide bonds. The van der Waals surface area contributed by atoms with Crippen molar-refractivity contribution in [2.75, 3.05) is 18.9 Å². The molecule has 0 unspecified atom stereocenters. The van der Waals surface area contributed by atoms with Crippen LogP contribution < -0.4 is 10.6 Å². The van der Waals surface area contributed by atoms with E-state index in [2.05, 4.69) is 26.6 Å². The number of halogens is 1. The van der Waals surface area contributed by atoms with Crippen LogP contribution in [0.1, 0.15) is 16.8 Å². The number of nitrogens with one attached hydrogen (secondary N) is 2. The van der Waals surface area contributed by atoms with Gasteiger partial charge in [-0.3, -0.25) is 4.79 Å². The van der Waals surface area contributed by atoms with E-state index in [1.807, 2.05) is 0 Å². The third-order valence-electron chi connectivity index (χ3n) is 2.08. The van der Waals surface area contributed by atoms with Crippen LogP contribution in [0.5, 0.6) is 0 Å². The molecule has 17 heavy (non-hydrogen) atoms. The van der Waals surface area contributed by atoms with Gasteiger partial charge in [0, 0.05) is 23.1 Å². The van der Waals surface area contributed by atoms with Gasteiger partial charge in [0.1, 0.15) is 0 Å². The van der Waals surface area contributed by atoms with Crippen LogP contribution in [0.3, 0.4) is 0 Å². The molecule has 3 N–H and O–H groups in total. The van der Waals surface area contributed by atoms with Gasteiger partial charge >= 0.3 is 5.97 Å². The van der Waals surface area contributed by atoms with Gasteiger partial charge in [-0.1, -0.05) is 0 Å². The molecule has 0 radical (unpaired) electrons. The highest BCUT2D eigenvalue weighted by Crippen LogP contribution is 2.21. The lowest BCUT2D eigenvalue weighted by Crippen LogP contribution is -2.18. The summed E-state index contributed by atoms with van der Waals surface area (Å²) < 4.78 is 0.484. The van der Waals surface area contributed by atoms with Crippen molar-refractivity contribution < 1.29 is 14.7 Å². The van der Waals surface area contributed by atoms with Gasteiger partial charge in [-0.15, -0.1) is 0 Å². The number of rotatable bonds is 5. The fraction of sp³-hybridized carbons (Fsp3) is 0.273. The third-order valence-corrected chi connectivity index (χ3v) is 2.77. The number of anilines is 1. The average molecular weight is 301 g/mol. The first-order chi connectivity index (χ1) is 8.04. The first-order valence-corrected chi connectivity index (χ1v) is 5.81.